The van der Waals surface area contributed by atoms with Crippen molar-refractivity contribution in [2.24, 2.45) is 0 Å². The van der Waals surface area contributed by atoms with Crippen molar-refractivity contribution >= 4 is 39.9 Å². The Balaban J connectivity index is 0.000000395. The number of unbranched alkanes of at least 4 members (excludes halogenated alkanes) is 30. The lowest BCUT2D eigenvalue weighted by atomic mass is 9.12. The summed E-state index contributed by atoms with van der Waals surface area (Å²) >= 11 is -0.803. The normalized spacial score (nSPS) is 12.9. The number of benzene rings is 4. The van der Waals surface area contributed by atoms with Crippen LogP contribution in [0.15, 0.2) is 106 Å². The smallest absolute Gasteiger partial charge is 0.443 e. The molecular formula is C78H90BF24IO6. The van der Waals surface area contributed by atoms with E-state index in [4.69, 9.17) is 18.3 Å². The van der Waals surface area contributed by atoms with Crippen molar-refractivity contribution in [2.45, 2.75) is 269 Å². The van der Waals surface area contributed by atoms with E-state index in [2.05, 4.69) is 13.8 Å². The van der Waals surface area contributed by atoms with Gasteiger partial charge in [0, 0.05) is 12.1 Å². The van der Waals surface area contributed by atoms with Gasteiger partial charge in [-0.15, -0.1) is 0 Å². The number of carbonyl (C=O) groups is 2. The van der Waals surface area contributed by atoms with Crippen LogP contribution in [-0.4, -0.2) is 31.3 Å². The highest BCUT2D eigenvalue weighted by Gasteiger charge is 2.48. The second kappa shape index (κ2) is 43.1. The zero-order valence-electron chi connectivity index (χ0n) is 60.8. The maximum Gasteiger partial charge on any atom is 0.443 e. The number of esters is 2. The number of halogens is 25. The lowest BCUT2D eigenvalue weighted by molar-refractivity contribution is -0.636. The minimum atomic E-state index is -6.13. The van der Waals surface area contributed by atoms with E-state index in [-0.39, 0.29) is 11.5 Å². The first-order valence-corrected chi connectivity index (χ1v) is 39.1. The summed E-state index contributed by atoms with van der Waals surface area (Å²) in [5, 5.41) is 0. The van der Waals surface area contributed by atoms with Crippen molar-refractivity contribution in [1.82, 2.24) is 0 Å². The minimum Gasteiger partial charge on any atom is -0.460 e. The zero-order valence-corrected chi connectivity index (χ0v) is 62.9. The van der Waals surface area contributed by atoms with Crippen molar-refractivity contribution in [1.29, 1.82) is 0 Å². The number of carbonyl (C=O) groups excluding carboxylic acids is 2. The molecule has 0 saturated carbocycles. The molecule has 0 bridgehead atoms. The molecule has 0 amide bonds. The molecule has 0 unspecified atom stereocenters. The van der Waals surface area contributed by atoms with Gasteiger partial charge in [-0.2, -0.15) is 127 Å². The summed E-state index contributed by atoms with van der Waals surface area (Å²) < 4.78 is 365. The van der Waals surface area contributed by atoms with Crippen LogP contribution in [0.1, 0.15) is 285 Å². The molecule has 0 atom stereocenters. The summed E-state index contributed by atoms with van der Waals surface area (Å²) in [5.41, 5.74) is -30.2. The molecule has 0 fully saturated rings. The van der Waals surface area contributed by atoms with Gasteiger partial charge in [-0.05, 0) is 49.2 Å². The first kappa shape index (κ1) is 94.1. The number of ether oxygens (including phenoxy) is 2. The molecule has 2 heterocycles. The quantitative estimate of drug-likeness (QED) is 0.0125. The summed E-state index contributed by atoms with van der Waals surface area (Å²) in [6.45, 7) is 5.40. The summed E-state index contributed by atoms with van der Waals surface area (Å²) in [4.78, 5) is 24.9. The van der Waals surface area contributed by atoms with E-state index in [0.29, 0.717) is 20.7 Å². The van der Waals surface area contributed by atoms with Crippen LogP contribution in [-0.2, 0) is 58.9 Å². The molecular weight excluding hydrogens is 1630 g/mol. The van der Waals surface area contributed by atoms with Crippen LogP contribution < -0.4 is 43.1 Å². The zero-order chi connectivity index (χ0) is 81.8. The van der Waals surface area contributed by atoms with Crippen molar-refractivity contribution in [3.8, 4) is 0 Å². The van der Waals surface area contributed by atoms with E-state index < -0.39 is 228 Å². The molecule has 2 aromatic heterocycles. The van der Waals surface area contributed by atoms with Crippen molar-refractivity contribution in [3.05, 3.63) is 161 Å². The fourth-order valence-electron chi connectivity index (χ4n) is 12.9. The molecule has 6 nitrogen and oxygen atoms in total. The highest BCUT2D eigenvalue weighted by molar-refractivity contribution is 7.20. The van der Waals surface area contributed by atoms with Crippen LogP contribution in [0.3, 0.4) is 0 Å². The standard InChI is InChI=1S/C46H78IO6.C32H12BF24/c1-3-5-7-9-11-13-15-17-19-21-23-25-27-29-31-33-39-50-45(48)41-35-37-43(52-41)47-44-38-36-42(53-44)46(49)51-40-34-32-30-28-26-24-22-20-18-16-14-12-10-8-6-4-2;34-25(35,36)13-1-14(26(37,38)39)6-21(5-13)33(22-7-15(27(40,41)42)2-16(8-22)28(43,44)45,23-9-17(29(46,47)48)3-18(10-23)30(49,50)51)24-11-19(31(52,53)54)4-20(12-24)32(55,56)57/h35-38H,3-34,39-40H2,1-2H3;1-12H/q+1;-1. The molecule has 0 spiro atoms. The second-order valence-electron chi connectivity index (χ2n) is 27.4. The van der Waals surface area contributed by atoms with Gasteiger partial charge in [0.2, 0.25) is 11.5 Å². The Morgan fingerprint density at radius 3 is 0.618 bits per heavy atom. The highest BCUT2D eigenvalue weighted by atomic mass is 127. The van der Waals surface area contributed by atoms with Gasteiger partial charge in [0.1, 0.15) is 6.15 Å². The van der Waals surface area contributed by atoms with Gasteiger partial charge in [-0.25, -0.2) is 9.59 Å². The van der Waals surface area contributed by atoms with Crippen LogP contribution in [0, 0.1) is 7.53 Å². The van der Waals surface area contributed by atoms with E-state index in [1.807, 2.05) is 0 Å². The Kier molecular flexibility index (Phi) is 36.9. The first-order valence-electron chi connectivity index (χ1n) is 36.9. The third kappa shape index (κ3) is 31.1. The van der Waals surface area contributed by atoms with Gasteiger partial charge < -0.3 is 18.3 Å². The number of furan rings is 2. The molecule has 616 valence electrons. The van der Waals surface area contributed by atoms with Crippen LogP contribution in [0.4, 0.5) is 105 Å². The molecule has 6 rings (SSSR count). The van der Waals surface area contributed by atoms with Crippen molar-refractivity contribution in [3.63, 3.8) is 0 Å². The van der Waals surface area contributed by atoms with Crippen molar-refractivity contribution in [2.75, 3.05) is 13.2 Å². The predicted molar refractivity (Wildman–Crippen MR) is 365 cm³/mol. The maximum atomic E-state index is 14.2. The van der Waals surface area contributed by atoms with Crippen LogP contribution in [0.2, 0.25) is 0 Å². The fraction of sp³-hybridized carbons (Fsp3) is 0.564. The first-order chi connectivity index (χ1) is 51.4. The van der Waals surface area contributed by atoms with Gasteiger partial charge in [-0.3, -0.25) is 0 Å². The average molecular weight is 1720 g/mol. The molecule has 110 heavy (non-hydrogen) atoms. The summed E-state index contributed by atoms with van der Waals surface area (Å²) in [6.07, 6.45) is -12.7. The molecule has 0 aliphatic carbocycles. The Bertz CT molecular complexity index is 3220. The molecule has 0 aliphatic heterocycles. The molecule has 0 aliphatic rings. The number of hydrogen-bond donors (Lipinski definition) is 0. The van der Waals surface area contributed by atoms with Gasteiger partial charge in [0.25, 0.3) is 0 Å². The lowest BCUT2D eigenvalue weighted by Crippen LogP contribution is -3.61. The van der Waals surface area contributed by atoms with Crippen LogP contribution in [0.25, 0.3) is 0 Å². The summed E-state index contributed by atoms with van der Waals surface area (Å²) in [6, 6.07) is -1.87. The van der Waals surface area contributed by atoms with Crippen LogP contribution >= 0.6 is 0 Å². The number of rotatable bonds is 42. The number of hydrogen-bond acceptors (Lipinski definition) is 6. The fourth-order valence-corrected chi connectivity index (χ4v) is 14.8. The SMILES string of the molecule is CCCCCCCCCCCCCCCCCCOC(=O)c1ccc([I+]c2ccc(C(=O)OCCCCCCCCCCCCCCCCCC)o2)o1.FC(F)(F)c1cc([B-](c2cc(C(F)(F)F)cc(C(F)(F)F)c2)(c2cc(C(F)(F)F)cc(C(F)(F)F)c2)c2cc(C(F)(F)F)cc(C(F)(F)F)c2)cc(C(F)(F)F)c1. The van der Waals surface area contributed by atoms with E-state index in [9.17, 15) is 115 Å². The van der Waals surface area contributed by atoms with Gasteiger partial charge >= 0.3 is 90.1 Å². The van der Waals surface area contributed by atoms with Gasteiger partial charge in [0.05, 0.1) is 57.7 Å². The maximum absolute atomic E-state index is 14.2. The molecule has 4 aromatic carbocycles. The molecule has 0 radical (unpaired) electrons. The molecule has 0 saturated heterocycles. The minimum absolute atomic E-state index is 0.223. The van der Waals surface area contributed by atoms with Crippen LogP contribution in [0.5, 0.6) is 0 Å². The van der Waals surface area contributed by atoms with Gasteiger partial charge in [-0.1, -0.05) is 255 Å². The van der Waals surface area contributed by atoms with E-state index in [1.165, 1.54) is 180 Å². The predicted octanol–water partition coefficient (Wildman–Crippen LogP) is 23.1. The van der Waals surface area contributed by atoms with E-state index >= 15 is 0 Å². The monoisotopic (exact) mass is 1720 g/mol. The Hall–Kier alpha value is -6.51. The number of alkyl halides is 24. The summed E-state index contributed by atoms with van der Waals surface area (Å²) in [7, 11) is 0. The Morgan fingerprint density at radius 2 is 0.445 bits per heavy atom. The Morgan fingerprint density at radius 1 is 0.273 bits per heavy atom. The second-order valence-corrected chi connectivity index (χ2v) is 30.1. The highest BCUT2D eigenvalue weighted by Crippen LogP contribution is 2.42. The van der Waals surface area contributed by atoms with Crippen molar-refractivity contribution < 1.29 is 154 Å². The molecule has 6 aromatic rings. The third-order valence-corrected chi connectivity index (χ3v) is 20.9. The van der Waals surface area contributed by atoms with E-state index in [0.717, 1.165) is 25.7 Å². The Labute approximate surface area is 634 Å². The lowest BCUT2D eigenvalue weighted by Gasteiger charge is -2.46. The molecule has 0 N–H and O–H groups in total. The largest absolute Gasteiger partial charge is 0.460 e. The molecule has 32 heteroatoms. The summed E-state index contributed by atoms with van der Waals surface area (Å²) in [5.74, 6) is -0.389. The third-order valence-electron chi connectivity index (χ3n) is 18.6. The average Bonchev–Trinajstić information content (AvgIpc) is 0.735. The van der Waals surface area contributed by atoms with E-state index in [1.54, 1.807) is 24.3 Å². The van der Waals surface area contributed by atoms with Gasteiger partial charge in [0.15, 0.2) is 0 Å². The topological polar surface area (TPSA) is 78.9 Å².